The van der Waals surface area contributed by atoms with Crippen molar-refractivity contribution < 1.29 is 24.2 Å². The first kappa shape index (κ1) is 16.0. The van der Waals surface area contributed by atoms with Crippen molar-refractivity contribution >= 4 is 11.8 Å². The molecule has 1 rings (SSSR count). The zero-order valence-corrected chi connectivity index (χ0v) is 12.1. The lowest BCUT2D eigenvalue weighted by molar-refractivity contribution is -0.145. The topological polar surface area (TPSA) is 72.8 Å². The lowest BCUT2D eigenvalue weighted by Crippen LogP contribution is -2.15. The molecular formula is C15H20O5. The van der Waals surface area contributed by atoms with E-state index in [-0.39, 0.29) is 23.7 Å². The van der Waals surface area contributed by atoms with Gasteiger partial charge in [-0.1, -0.05) is 13.3 Å². The van der Waals surface area contributed by atoms with Gasteiger partial charge in [-0.25, -0.2) is 4.79 Å². The minimum Gasteiger partial charge on any atom is -0.507 e. The number of phenolic OH excluding ortho intramolecular Hbond substituents is 1. The van der Waals surface area contributed by atoms with Crippen LogP contribution in [0.3, 0.4) is 0 Å². The minimum absolute atomic E-state index is 0.0688. The number of benzene rings is 1. The molecule has 1 N–H and O–H groups in total. The summed E-state index contributed by atoms with van der Waals surface area (Å²) in [5, 5.41) is 10.1. The van der Waals surface area contributed by atoms with Gasteiger partial charge >= 0.3 is 5.97 Å². The van der Waals surface area contributed by atoms with Gasteiger partial charge in [0.15, 0.2) is 12.4 Å². The monoisotopic (exact) mass is 280 g/mol. The maximum absolute atomic E-state index is 11.4. The summed E-state index contributed by atoms with van der Waals surface area (Å²) < 4.78 is 10.1. The van der Waals surface area contributed by atoms with Crippen molar-refractivity contribution in [3.63, 3.8) is 0 Å². The van der Waals surface area contributed by atoms with E-state index in [1.54, 1.807) is 13.0 Å². The first-order valence-corrected chi connectivity index (χ1v) is 6.65. The summed E-state index contributed by atoms with van der Waals surface area (Å²) in [6, 6.07) is 3.10. The molecule has 0 unspecified atom stereocenters. The Hall–Kier alpha value is -2.04. The van der Waals surface area contributed by atoms with Gasteiger partial charge in [0.2, 0.25) is 0 Å². The number of Topliss-reactive ketones (excluding diaryl/α,β-unsaturated/α-hetero) is 1. The average Bonchev–Trinajstić information content (AvgIpc) is 2.39. The number of esters is 1. The number of hydrogen-bond donors (Lipinski definition) is 1. The van der Waals surface area contributed by atoms with Gasteiger partial charge in [-0.2, -0.15) is 0 Å². The van der Waals surface area contributed by atoms with E-state index >= 15 is 0 Å². The van der Waals surface area contributed by atoms with Crippen LogP contribution in [0.4, 0.5) is 0 Å². The average molecular weight is 280 g/mol. The van der Waals surface area contributed by atoms with E-state index in [2.05, 4.69) is 0 Å². The molecule has 5 heteroatoms. The third kappa shape index (κ3) is 3.98. The van der Waals surface area contributed by atoms with Crippen LogP contribution < -0.4 is 4.74 Å². The van der Waals surface area contributed by atoms with Crippen molar-refractivity contribution in [3.05, 3.63) is 23.3 Å². The van der Waals surface area contributed by atoms with Crippen molar-refractivity contribution in [2.75, 3.05) is 13.2 Å². The molecule has 1 aromatic carbocycles. The summed E-state index contributed by atoms with van der Waals surface area (Å²) in [4.78, 5) is 22.7. The van der Waals surface area contributed by atoms with Gasteiger partial charge < -0.3 is 14.6 Å². The summed E-state index contributed by atoms with van der Waals surface area (Å²) in [5.41, 5.74) is 0.807. The Bertz CT molecular complexity index is 493. The standard InChI is InChI=1S/C15H20O5/c1-4-6-12-13(20-9-14(17)19-5-2)8-7-11(10(3)16)15(12)18/h7-8,18H,4-6,9H2,1-3H3. The smallest absolute Gasteiger partial charge is 0.344 e. The van der Waals surface area contributed by atoms with Crippen LogP contribution in [0.15, 0.2) is 12.1 Å². The van der Waals surface area contributed by atoms with Gasteiger partial charge in [-0.15, -0.1) is 0 Å². The molecule has 0 fully saturated rings. The van der Waals surface area contributed by atoms with Crippen LogP contribution in [-0.4, -0.2) is 30.1 Å². The number of ether oxygens (including phenoxy) is 2. The molecule has 0 atom stereocenters. The van der Waals surface area contributed by atoms with Crippen molar-refractivity contribution in [3.8, 4) is 11.5 Å². The fourth-order valence-corrected chi connectivity index (χ4v) is 1.87. The number of hydrogen-bond acceptors (Lipinski definition) is 5. The van der Waals surface area contributed by atoms with Gasteiger partial charge in [0.05, 0.1) is 12.2 Å². The molecule has 0 bridgehead atoms. The SMILES string of the molecule is CCCc1c(OCC(=O)OCC)ccc(C(C)=O)c1O. The number of aromatic hydroxyl groups is 1. The predicted molar refractivity (Wildman–Crippen MR) is 74.2 cm³/mol. The number of carbonyl (C=O) groups excluding carboxylic acids is 2. The lowest BCUT2D eigenvalue weighted by atomic mass is 10.0. The first-order valence-electron chi connectivity index (χ1n) is 6.65. The molecule has 0 saturated heterocycles. The first-order chi connectivity index (χ1) is 9.51. The highest BCUT2D eigenvalue weighted by atomic mass is 16.6. The highest BCUT2D eigenvalue weighted by molar-refractivity contribution is 5.97. The Balaban J connectivity index is 2.98. The van der Waals surface area contributed by atoms with E-state index in [4.69, 9.17) is 9.47 Å². The summed E-state index contributed by atoms with van der Waals surface area (Å²) in [6.07, 6.45) is 1.34. The predicted octanol–water partition coefficient (Wildman–Crippen LogP) is 2.49. The van der Waals surface area contributed by atoms with Crippen LogP contribution in [-0.2, 0) is 16.0 Å². The highest BCUT2D eigenvalue weighted by Gasteiger charge is 2.16. The fourth-order valence-electron chi connectivity index (χ4n) is 1.87. The second kappa shape index (κ2) is 7.53. The zero-order valence-electron chi connectivity index (χ0n) is 12.1. The van der Waals surface area contributed by atoms with E-state index in [0.29, 0.717) is 24.3 Å². The third-order valence-corrected chi connectivity index (χ3v) is 2.77. The Morgan fingerprint density at radius 1 is 1.25 bits per heavy atom. The molecule has 110 valence electrons. The third-order valence-electron chi connectivity index (χ3n) is 2.77. The molecule has 0 aliphatic carbocycles. The van der Waals surface area contributed by atoms with Crippen LogP contribution >= 0.6 is 0 Å². The molecule has 0 aliphatic rings. The van der Waals surface area contributed by atoms with E-state index in [1.807, 2.05) is 6.92 Å². The molecule has 1 aromatic rings. The second-order valence-electron chi connectivity index (χ2n) is 4.34. The number of ketones is 1. The molecule has 0 radical (unpaired) electrons. The quantitative estimate of drug-likeness (QED) is 0.613. The molecule has 0 saturated carbocycles. The maximum Gasteiger partial charge on any atom is 0.344 e. The van der Waals surface area contributed by atoms with Gasteiger partial charge in [-0.05, 0) is 32.4 Å². The fraction of sp³-hybridized carbons (Fsp3) is 0.467. The van der Waals surface area contributed by atoms with E-state index in [9.17, 15) is 14.7 Å². The van der Waals surface area contributed by atoms with Crippen LogP contribution in [0, 0.1) is 0 Å². The molecule has 0 aromatic heterocycles. The molecule has 0 aliphatic heterocycles. The maximum atomic E-state index is 11.4. The van der Waals surface area contributed by atoms with Crippen molar-refractivity contribution in [2.24, 2.45) is 0 Å². The Kier molecular flexibility index (Phi) is 6.03. The molecule has 0 amide bonds. The largest absolute Gasteiger partial charge is 0.507 e. The normalized spacial score (nSPS) is 10.2. The van der Waals surface area contributed by atoms with E-state index in [0.717, 1.165) is 6.42 Å². The Morgan fingerprint density at radius 2 is 1.95 bits per heavy atom. The highest BCUT2D eigenvalue weighted by Crippen LogP contribution is 2.32. The zero-order chi connectivity index (χ0) is 15.1. The number of phenols is 1. The molecular weight excluding hydrogens is 260 g/mol. The van der Waals surface area contributed by atoms with Crippen LogP contribution in [0.2, 0.25) is 0 Å². The molecule has 0 heterocycles. The number of rotatable bonds is 7. The summed E-state index contributed by atoms with van der Waals surface area (Å²) >= 11 is 0. The molecule has 0 spiro atoms. The van der Waals surface area contributed by atoms with E-state index < -0.39 is 5.97 Å². The summed E-state index contributed by atoms with van der Waals surface area (Å²) in [7, 11) is 0. The summed E-state index contributed by atoms with van der Waals surface area (Å²) in [6.45, 7) is 5.13. The Morgan fingerprint density at radius 3 is 2.50 bits per heavy atom. The van der Waals surface area contributed by atoms with Gasteiger partial charge in [0.25, 0.3) is 0 Å². The van der Waals surface area contributed by atoms with Crippen molar-refractivity contribution in [2.45, 2.75) is 33.6 Å². The van der Waals surface area contributed by atoms with Crippen LogP contribution in [0.5, 0.6) is 11.5 Å². The van der Waals surface area contributed by atoms with Crippen LogP contribution in [0.1, 0.15) is 43.1 Å². The second-order valence-corrected chi connectivity index (χ2v) is 4.34. The minimum atomic E-state index is -0.468. The van der Waals surface area contributed by atoms with Crippen molar-refractivity contribution in [1.82, 2.24) is 0 Å². The van der Waals surface area contributed by atoms with Crippen LogP contribution in [0.25, 0.3) is 0 Å². The van der Waals surface area contributed by atoms with Crippen molar-refractivity contribution in [1.29, 1.82) is 0 Å². The summed E-state index contributed by atoms with van der Waals surface area (Å²) in [5.74, 6) is -0.343. The van der Waals surface area contributed by atoms with Gasteiger partial charge in [0.1, 0.15) is 11.5 Å². The van der Waals surface area contributed by atoms with E-state index in [1.165, 1.54) is 13.0 Å². The van der Waals surface area contributed by atoms with Gasteiger partial charge in [0, 0.05) is 5.56 Å². The van der Waals surface area contributed by atoms with Gasteiger partial charge in [-0.3, -0.25) is 4.79 Å². The number of carbonyl (C=O) groups is 2. The molecule has 20 heavy (non-hydrogen) atoms. The Labute approximate surface area is 118 Å². The molecule has 5 nitrogen and oxygen atoms in total. The lowest BCUT2D eigenvalue weighted by Gasteiger charge is -2.14.